The minimum Gasteiger partial charge on any atom is -0.543 e. The van der Waals surface area contributed by atoms with Crippen LogP contribution >= 0.6 is 11.6 Å². The van der Waals surface area contributed by atoms with Gasteiger partial charge in [0.1, 0.15) is 12.2 Å². The molecule has 0 saturated heterocycles. The number of carbonyl (C=O) groups is 2. The molecule has 132 valence electrons. The second-order valence-corrected chi connectivity index (χ2v) is 6.08. The number of rotatable bonds is 4. The highest BCUT2D eigenvalue weighted by Gasteiger charge is 2.14. The first-order valence-corrected chi connectivity index (χ1v) is 8.02. The van der Waals surface area contributed by atoms with Crippen LogP contribution in [0.5, 0.6) is 0 Å². The van der Waals surface area contributed by atoms with E-state index >= 15 is 0 Å². The first-order valence-electron chi connectivity index (χ1n) is 7.64. The lowest BCUT2D eigenvalue weighted by atomic mass is 10.1. The first kappa shape index (κ1) is 17.6. The lowest BCUT2D eigenvalue weighted by Crippen LogP contribution is -2.34. The van der Waals surface area contributed by atoms with Gasteiger partial charge in [0.25, 0.3) is 5.56 Å². The Morgan fingerprint density at radius 3 is 2.54 bits per heavy atom. The van der Waals surface area contributed by atoms with Crippen molar-refractivity contribution < 1.29 is 14.7 Å². The summed E-state index contributed by atoms with van der Waals surface area (Å²) in [6, 6.07) is 11.2. The number of anilines is 1. The number of carbonyl (C=O) groups excluding carboxylic acids is 2. The summed E-state index contributed by atoms with van der Waals surface area (Å²) in [6.07, 6.45) is 0. The summed E-state index contributed by atoms with van der Waals surface area (Å²) in [6.45, 7) is 1.39. The fourth-order valence-corrected chi connectivity index (χ4v) is 2.82. The molecule has 3 rings (SSSR count). The number of fused-ring (bicyclic) bond motifs is 1. The van der Waals surface area contributed by atoms with Crippen LogP contribution in [0.2, 0.25) is 5.02 Å². The topological polar surface area (TPSA) is 104 Å². The lowest BCUT2D eigenvalue weighted by Gasteiger charge is -2.12. The third-order valence-electron chi connectivity index (χ3n) is 3.75. The van der Waals surface area contributed by atoms with Gasteiger partial charge < -0.3 is 15.2 Å². The molecule has 1 amide bonds. The van der Waals surface area contributed by atoms with E-state index in [0.29, 0.717) is 10.7 Å². The predicted octanol–water partition coefficient (Wildman–Crippen LogP) is 1.36. The van der Waals surface area contributed by atoms with Gasteiger partial charge >= 0.3 is 0 Å². The zero-order valence-electron chi connectivity index (χ0n) is 13.7. The zero-order valence-corrected chi connectivity index (χ0v) is 14.4. The summed E-state index contributed by atoms with van der Waals surface area (Å²) in [5.41, 5.74) is 0.340. The second kappa shape index (κ2) is 6.97. The highest BCUT2D eigenvalue weighted by Crippen LogP contribution is 2.22. The quantitative estimate of drug-likeness (QED) is 0.746. The smallest absolute Gasteiger partial charge is 0.275 e. The molecule has 0 bridgehead atoms. The van der Waals surface area contributed by atoms with Gasteiger partial charge in [-0.2, -0.15) is 5.10 Å². The van der Waals surface area contributed by atoms with Crippen molar-refractivity contribution in [1.82, 2.24) is 9.78 Å². The van der Waals surface area contributed by atoms with E-state index < -0.39 is 29.7 Å². The number of hydrogen-bond acceptors (Lipinski definition) is 5. The molecule has 1 N–H and O–H groups in total. The van der Waals surface area contributed by atoms with Crippen LogP contribution in [0.25, 0.3) is 10.8 Å². The number of amides is 1. The Hall–Kier alpha value is -3.19. The number of aromatic carboxylic acids is 1. The van der Waals surface area contributed by atoms with Gasteiger partial charge in [-0.15, -0.1) is 0 Å². The number of carboxylic acids is 1. The van der Waals surface area contributed by atoms with Crippen molar-refractivity contribution in [2.75, 3.05) is 5.32 Å². The minimum absolute atomic E-state index is 0.142. The van der Waals surface area contributed by atoms with Gasteiger partial charge in [0, 0.05) is 5.39 Å². The number of aryl methyl sites for hydroxylation is 1. The molecule has 0 spiro atoms. The van der Waals surface area contributed by atoms with E-state index in [1.807, 2.05) is 6.92 Å². The summed E-state index contributed by atoms with van der Waals surface area (Å²) in [4.78, 5) is 36.1. The van der Waals surface area contributed by atoms with Crippen molar-refractivity contribution in [3.05, 3.63) is 69.1 Å². The molecule has 1 heterocycles. The third-order valence-corrected chi connectivity index (χ3v) is 4.07. The molecule has 7 nitrogen and oxygen atoms in total. The summed E-state index contributed by atoms with van der Waals surface area (Å²) in [5, 5.41) is 18.3. The van der Waals surface area contributed by atoms with Crippen molar-refractivity contribution in [1.29, 1.82) is 0 Å². The van der Waals surface area contributed by atoms with Crippen molar-refractivity contribution in [3.63, 3.8) is 0 Å². The summed E-state index contributed by atoms with van der Waals surface area (Å²) >= 11 is 6.07. The molecule has 0 aliphatic heterocycles. The molecule has 26 heavy (non-hydrogen) atoms. The molecule has 0 unspecified atom stereocenters. The van der Waals surface area contributed by atoms with E-state index in [0.717, 1.165) is 10.2 Å². The molecule has 0 radical (unpaired) electrons. The van der Waals surface area contributed by atoms with E-state index in [9.17, 15) is 19.5 Å². The van der Waals surface area contributed by atoms with Gasteiger partial charge in [-0.1, -0.05) is 35.9 Å². The molecular formula is C18H13ClN3O4-. The summed E-state index contributed by atoms with van der Waals surface area (Å²) in [5.74, 6) is -2.10. The van der Waals surface area contributed by atoms with E-state index in [1.165, 1.54) is 12.1 Å². The average Bonchev–Trinajstić information content (AvgIpc) is 2.59. The Bertz CT molecular complexity index is 1090. The van der Waals surface area contributed by atoms with Gasteiger partial charge in [0.05, 0.1) is 22.1 Å². The number of carboxylic acid groups (broad SMARTS) is 1. The molecule has 8 heteroatoms. The summed E-state index contributed by atoms with van der Waals surface area (Å²) < 4.78 is 0.797. The van der Waals surface area contributed by atoms with Crippen LogP contribution in [-0.4, -0.2) is 21.7 Å². The maximum Gasteiger partial charge on any atom is 0.275 e. The molecule has 0 saturated carbocycles. The Labute approximate surface area is 152 Å². The monoisotopic (exact) mass is 370 g/mol. The van der Waals surface area contributed by atoms with Gasteiger partial charge in [-0.25, -0.2) is 4.68 Å². The van der Waals surface area contributed by atoms with E-state index in [2.05, 4.69) is 10.4 Å². The van der Waals surface area contributed by atoms with Gasteiger partial charge in [0.15, 0.2) is 0 Å². The van der Waals surface area contributed by atoms with Crippen molar-refractivity contribution in [2.45, 2.75) is 13.5 Å². The minimum atomic E-state index is -1.53. The van der Waals surface area contributed by atoms with Gasteiger partial charge in [0.2, 0.25) is 5.91 Å². The average molecular weight is 371 g/mol. The molecule has 0 aliphatic rings. The molecule has 3 aromatic rings. The van der Waals surface area contributed by atoms with E-state index in [1.54, 1.807) is 30.3 Å². The van der Waals surface area contributed by atoms with Crippen LogP contribution < -0.4 is 16.0 Å². The molecular weight excluding hydrogens is 358 g/mol. The number of halogens is 1. The largest absolute Gasteiger partial charge is 0.543 e. The van der Waals surface area contributed by atoms with E-state index in [4.69, 9.17) is 11.6 Å². The fraction of sp³-hybridized carbons (Fsp3) is 0.111. The van der Waals surface area contributed by atoms with Crippen molar-refractivity contribution in [2.24, 2.45) is 0 Å². The summed E-state index contributed by atoms with van der Waals surface area (Å²) in [7, 11) is 0. The predicted molar refractivity (Wildman–Crippen MR) is 95.2 cm³/mol. The Morgan fingerprint density at radius 2 is 1.88 bits per heavy atom. The number of nitrogens with zero attached hydrogens (tertiary/aromatic N) is 2. The van der Waals surface area contributed by atoms with Crippen LogP contribution in [0.3, 0.4) is 0 Å². The lowest BCUT2D eigenvalue weighted by molar-refractivity contribution is -0.255. The number of benzene rings is 2. The van der Waals surface area contributed by atoms with Crippen molar-refractivity contribution in [3.8, 4) is 0 Å². The maximum absolute atomic E-state index is 12.5. The Morgan fingerprint density at radius 1 is 1.19 bits per heavy atom. The SMILES string of the molecule is Cc1ccc(NC(=O)Cn2nc(C(=O)[O-])c3ccccc3c2=O)c(Cl)c1. The number of nitrogens with one attached hydrogen (secondary N) is 1. The fourth-order valence-electron chi connectivity index (χ4n) is 2.54. The van der Waals surface area contributed by atoms with Crippen molar-refractivity contribution >= 4 is 39.9 Å². The molecule has 2 aromatic carbocycles. The highest BCUT2D eigenvalue weighted by molar-refractivity contribution is 6.33. The molecule has 0 aliphatic carbocycles. The Balaban J connectivity index is 1.95. The molecule has 0 fully saturated rings. The normalized spacial score (nSPS) is 10.7. The van der Waals surface area contributed by atoms with Gasteiger partial charge in [-0.3, -0.25) is 9.59 Å². The number of aromatic nitrogens is 2. The molecule has 1 aromatic heterocycles. The standard InChI is InChI=1S/C18H14ClN3O4/c1-10-6-7-14(13(19)8-10)20-15(23)9-22-17(24)12-5-3-2-4-11(12)16(21-22)18(25)26/h2-8H,9H2,1H3,(H,20,23)(H,25,26)/p-1. The van der Waals surface area contributed by atoms with Crippen LogP contribution in [0.1, 0.15) is 16.1 Å². The van der Waals surface area contributed by atoms with Crippen LogP contribution in [0.15, 0.2) is 47.3 Å². The van der Waals surface area contributed by atoms with Crippen LogP contribution in [0.4, 0.5) is 5.69 Å². The molecule has 0 atom stereocenters. The van der Waals surface area contributed by atoms with Crippen LogP contribution in [0, 0.1) is 6.92 Å². The maximum atomic E-state index is 12.5. The Kier molecular flexibility index (Phi) is 4.73. The highest BCUT2D eigenvalue weighted by atomic mass is 35.5. The third kappa shape index (κ3) is 3.43. The zero-order chi connectivity index (χ0) is 18.8. The van der Waals surface area contributed by atoms with Crippen LogP contribution in [-0.2, 0) is 11.3 Å². The number of hydrogen-bond donors (Lipinski definition) is 1. The second-order valence-electron chi connectivity index (χ2n) is 5.68. The van der Waals surface area contributed by atoms with Gasteiger partial charge in [-0.05, 0) is 30.7 Å². The first-order chi connectivity index (χ1) is 12.4. The van der Waals surface area contributed by atoms with E-state index in [-0.39, 0.29) is 10.8 Å².